The SMILES string of the molecule is CC1=C(C(=O)NC(C)c2n[nH]c(CC(=O)O)n2)OCCO1. The number of aromatic nitrogens is 3. The molecule has 1 atom stereocenters. The molecule has 0 saturated heterocycles. The second-order valence-corrected chi connectivity index (χ2v) is 4.49. The Balaban J connectivity index is 2.00. The summed E-state index contributed by atoms with van der Waals surface area (Å²) in [5.41, 5.74) is 0. The normalized spacial score (nSPS) is 15.9. The fraction of sp³-hybridized carbons (Fsp3) is 0.500. The Hall–Kier alpha value is -2.58. The number of aromatic amines is 1. The van der Waals surface area contributed by atoms with Gasteiger partial charge >= 0.3 is 5.97 Å². The molecule has 2 heterocycles. The highest BCUT2D eigenvalue weighted by atomic mass is 16.6. The number of carboxylic acid groups (broad SMARTS) is 1. The van der Waals surface area contributed by atoms with E-state index in [1.165, 1.54) is 0 Å². The monoisotopic (exact) mass is 296 g/mol. The van der Waals surface area contributed by atoms with Crippen molar-refractivity contribution in [2.45, 2.75) is 26.3 Å². The van der Waals surface area contributed by atoms with Crippen LogP contribution in [0.4, 0.5) is 0 Å². The van der Waals surface area contributed by atoms with Crippen LogP contribution in [0.15, 0.2) is 11.5 Å². The highest BCUT2D eigenvalue weighted by molar-refractivity contribution is 5.92. The molecule has 114 valence electrons. The first-order chi connectivity index (χ1) is 9.97. The number of allylic oxidation sites excluding steroid dienone is 1. The van der Waals surface area contributed by atoms with E-state index in [-0.39, 0.29) is 18.0 Å². The number of rotatable bonds is 5. The number of nitrogens with one attached hydrogen (secondary N) is 2. The third kappa shape index (κ3) is 3.71. The van der Waals surface area contributed by atoms with Gasteiger partial charge in [-0.05, 0) is 13.8 Å². The number of nitrogens with zero attached hydrogens (tertiary/aromatic N) is 2. The van der Waals surface area contributed by atoms with Crippen LogP contribution >= 0.6 is 0 Å². The Morgan fingerprint density at radius 3 is 2.81 bits per heavy atom. The van der Waals surface area contributed by atoms with Gasteiger partial charge in [0.2, 0.25) is 5.76 Å². The Morgan fingerprint density at radius 1 is 1.43 bits per heavy atom. The van der Waals surface area contributed by atoms with Gasteiger partial charge < -0.3 is 19.9 Å². The molecule has 1 unspecified atom stereocenters. The van der Waals surface area contributed by atoms with Crippen molar-refractivity contribution in [1.82, 2.24) is 20.5 Å². The maximum absolute atomic E-state index is 12.0. The van der Waals surface area contributed by atoms with Gasteiger partial charge in [0.25, 0.3) is 5.91 Å². The summed E-state index contributed by atoms with van der Waals surface area (Å²) in [5, 5.41) is 17.7. The molecule has 0 fully saturated rings. The molecule has 1 aliphatic heterocycles. The molecule has 0 aromatic carbocycles. The molecule has 0 bridgehead atoms. The van der Waals surface area contributed by atoms with Crippen molar-refractivity contribution in [2.75, 3.05) is 13.2 Å². The van der Waals surface area contributed by atoms with Crippen LogP contribution in [0, 0.1) is 0 Å². The minimum Gasteiger partial charge on any atom is -0.491 e. The fourth-order valence-corrected chi connectivity index (χ4v) is 1.78. The maximum Gasteiger partial charge on any atom is 0.311 e. The number of H-pyrrole nitrogens is 1. The van der Waals surface area contributed by atoms with Crippen molar-refractivity contribution in [2.24, 2.45) is 0 Å². The van der Waals surface area contributed by atoms with Gasteiger partial charge in [0.1, 0.15) is 31.2 Å². The highest BCUT2D eigenvalue weighted by Gasteiger charge is 2.23. The molecule has 9 nitrogen and oxygen atoms in total. The first-order valence-corrected chi connectivity index (χ1v) is 6.37. The lowest BCUT2D eigenvalue weighted by atomic mass is 10.3. The fourth-order valence-electron chi connectivity index (χ4n) is 1.78. The van der Waals surface area contributed by atoms with E-state index in [0.717, 1.165) is 0 Å². The van der Waals surface area contributed by atoms with Gasteiger partial charge in [0, 0.05) is 0 Å². The topological polar surface area (TPSA) is 126 Å². The number of hydrogen-bond acceptors (Lipinski definition) is 6. The number of ether oxygens (including phenoxy) is 2. The third-order valence-electron chi connectivity index (χ3n) is 2.78. The van der Waals surface area contributed by atoms with Crippen LogP contribution in [0.1, 0.15) is 31.5 Å². The van der Waals surface area contributed by atoms with E-state index in [4.69, 9.17) is 14.6 Å². The molecule has 0 radical (unpaired) electrons. The average Bonchev–Trinajstić information content (AvgIpc) is 2.86. The summed E-state index contributed by atoms with van der Waals surface area (Å²) < 4.78 is 10.5. The number of hydrogen-bond donors (Lipinski definition) is 3. The molecule has 1 amide bonds. The van der Waals surface area contributed by atoms with Gasteiger partial charge in [-0.1, -0.05) is 0 Å². The van der Waals surface area contributed by atoms with E-state index in [1.807, 2.05) is 0 Å². The first-order valence-electron chi connectivity index (χ1n) is 6.37. The largest absolute Gasteiger partial charge is 0.491 e. The second-order valence-electron chi connectivity index (χ2n) is 4.49. The van der Waals surface area contributed by atoms with E-state index >= 15 is 0 Å². The summed E-state index contributed by atoms with van der Waals surface area (Å²) in [7, 11) is 0. The highest BCUT2D eigenvalue weighted by Crippen LogP contribution is 2.15. The molecule has 21 heavy (non-hydrogen) atoms. The molecule has 1 aromatic heterocycles. The van der Waals surface area contributed by atoms with E-state index in [2.05, 4.69) is 20.5 Å². The summed E-state index contributed by atoms with van der Waals surface area (Å²) in [6.45, 7) is 4.07. The van der Waals surface area contributed by atoms with Crippen LogP contribution in [0.5, 0.6) is 0 Å². The van der Waals surface area contributed by atoms with Gasteiger partial charge in [-0.15, -0.1) is 0 Å². The predicted molar refractivity (Wildman–Crippen MR) is 68.9 cm³/mol. The summed E-state index contributed by atoms with van der Waals surface area (Å²) in [5.74, 6) is -0.352. The zero-order valence-corrected chi connectivity index (χ0v) is 11.7. The Labute approximate surface area is 120 Å². The summed E-state index contributed by atoms with van der Waals surface area (Å²) in [4.78, 5) is 26.6. The van der Waals surface area contributed by atoms with Gasteiger partial charge in [0.15, 0.2) is 5.82 Å². The van der Waals surface area contributed by atoms with Crippen LogP contribution in [0.2, 0.25) is 0 Å². The number of aliphatic carboxylic acids is 1. The third-order valence-corrected chi connectivity index (χ3v) is 2.78. The number of amides is 1. The molecular formula is C12H16N4O5. The molecule has 0 spiro atoms. The zero-order valence-electron chi connectivity index (χ0n) is 11.7. The molecule has 2 rings (SSSR count). The lowest BCUT2D eigenvalue weighted by Crippen LogP contribution is -2.32. The van der Waals surface area contributed by atoms with E-state index in [0.29, 0.717) is 24.8 Å². The zero-order chi connectivity index (χ0) is 15.4. The maximum atomic E-state index is 12.0. The lowest BCUT2D eigenvalue weighted by Gasteiger charge is -2.20. The molecule has 0 saturated carbocycles. The van der Waals surface area contributed by atoms with E-state index in [9.17, 15) is 9.59 Å². The summed E-state index contributed by atoms with van der Waals surface area (Å²) >= 11 is 0. The molecule has 1 aromatic rings. The molecule has 1 aliphatic rings. The minimum atomic E-state index is -1.01. The summed E-state index contributed by atoms with van der Waals surface area (Å²) in [6.07, 6.45) is -0.255. The van der Waals surface area contributed by atoms with Crippen molar-refractivity contribution < 1.29 is 24.2 Å². The average molecular weight is 296 g/mol. The van der Waals surface area contributed by atoms with Crippen molar-refractivity contribution in [3.8, 4) is 0 Å². The standard InChI is InChI=1S/C12H16N4O5/c1-6(11-14-8(15-16-11)5-9(17)18)13-12(19)10-7(2)20-3-4-21-10/h6H,3-5H2,1-2H3,(H,13,19)(H,17,18)(H,14,15,16). The van der Waals surface area contributed by atoms with Crippen molar-refractivity contribution >= 4 is 11.9 Å². The van der Waals surface area contributed by atoms with Gasteiger partial charge in [-0.2, -0.15) is 5.10 Å². The van der Waals surface area contributed by atoms with Crippen molar-refractivity contribution in [3.63, 3.8) is 0 Å². The summed E-state index contributed by atoms with van der Waals surface area (Å²) in [6, 6.07) is -0.498. The van der Waals surface area contributed by atoms with Crippen LogP contribution in [0.25, 0.3) is 0 Å². The lowest BCUT2D eigenvalue weighted by molar-refractivity contribution is -0.136. The Kier molecular flexibility index (Phi) is 4.41. The first kappa shape index (κ1) is 14.8. The van der Waals surface area contributed by atoms with Crippen LogP contribution in [0.3, 0.4) is 0 Å². The van der Waals surface area contributed by atoms with Gasteiger partial charge in [-0.3, -0.25) is 14.7 Å². The Bertz CT molecular complexity index is 580. The van der Waals surface area contributed by atoms with E-state index in [1.54, 1.807) is 13.8 Å². The van der Waals surface area contributed by atoms with Crippen LogP contribution < -0.4 is 5.32 Å². The predicted octanol–water partition coefficient (Wildman–Crippen LogP) is -0.113. The van der Waals surface area contributed by atoms with Crippen LogP contribution in [-0.2, 0) is 25.5 Å². The number of carboxylic acids is 1. The second kappa shape index (κ2) is 6.25. The Morgan fingerprint density at radius 2 is 2.14 bits per heavy atom. The van der Waals surface area contributed by atoms with Crippen molar-refractivity contribution in [3.05, 3.63) is 23.2 Å². The van der Waals surface area contributed by atoms with Crippen LogP contribution in [-0.4, -0.2) is 45.4 Å². The smallest absolute Gasteiger partial charge is 0.311 e. The minimum absolute atomic E-state index is 0.134. The number of carbonyl (C=O) groups excluding carboxylic acids is 1. The molecule has 9 heteroatoms. The van der Waals surface area contributed by atoms with Gasteiger partial charge in [0.05, 0.1) is 6.04 Å². The molecular weight excluding hydrogens is 280 g/mol. The van der Waals surface area contributed by atoms with Crippen molar-refractivity contribution in [1.29, 1.82) is 0 Å². The molecule has 0 aliphatic carbocycles. The van der Waals surface area contributed by atoms with E-state index < -0.39 is 17.9 Å². The molecule has 3 N–H and O–H groups in total. The number of carbonyl (C=O) groups is 2. The quantitative estimate of drug-likeness (QED) is 0.691. The van der Waals surface area contributed by atoms with Gasteiger partial charge in [-0.25, -0.2) is 4.98 Å².